The van der Waals surface area contributed by atoms with Gasteiger partial charge in [0.2, 0.25) is 0 Å². The van der Waals surface area contributed by atoms with Gasteiger partial charge >= 0.3 is 0 Å². The Morgan fingerprint density at radius 1 is 1.12 bits per heavy atom. The van der Waals surface area contributed by atoms with Crippen LogP contribution in [0.15, 0.2) is 35.4 Å². The number of thioether (sulfide) groups is 1. The summed E-state index contributed by atoms with van der Waals surface area (Å²) in [6.07, 6.45) is 2.02. The van der Waals surface area contributed by atoms with Crippen LogP contribution in [0, 0.1) is 6.92 Å². The van der Waals surface area contributed by atoms with Crippen LogP contribution < -0.4 is 0 Å². The number of hydrogen-bond donors (Lipinski definition) is 0. The Balaban J connectivity index is 2.58. The molecule has 16 heavy (non-hydrogen) atoms. The van der Waals surface area contributed by atoms with Gasteiger partial charge in [-0.05, 0) is 25.3 Å². The predicted octanol–water partition coefficient (Wildman–Crippen LogP) is 2.91. The summed E-state index contributed by atoms with van der Waals surface area (Å²) >= 11 is 1.63. The van der Waals surface area contributed by atoms with Gasteiger partial charge in [0.05, 0.1) is 11.0 Å². The third kappa shape index (κ3) is 1.23. The van der Waals surface area contributed by atoms with Gasteiger partial charge in [0.15, 0.2) is 0 Å². The van der Waals surface area contributed by atoms with Gasteiger partial charge < -0.3 is 0 Å². The molecule has 0 amide bonds. The van der Waals surface area contributed by atoms with Gasteiger partial charge in [-0.25, -0.2) is 0 Å². The Hall–Kier alpha value is -1.55. The van der Waals surface area contributed by atoms with Crippen molar-refractivity contribution in [2.75, 3.05) is 6.26 Å². The lowest BCUT2D eigenvalue weighted by Crippen LogP contribution is -1.99. The minimum Gasteiger partial charge on any atom is -0.294 e. The largest absolute Gasteiger partial charge is 0.294 e. The molecule has 3 aromatic rings. The summed E-state index contributed by atoms with van der Waals surface area (Å²) in [5, 5.41) is 10.6. The highest BCUT2D eigenvalue weighted by atomic mass is 32.2. The molecule has 0 fully saturated rings. The number of hydrogen-bond acceptors (Lipinski definition) is 3. The van der Waals surface area contributed by atoms with Crippen molar-refractivity contribution in [3.63, 3.8) is 0 Å². The molecule has 3 rings (SSSR count). The van der Waals surface area contributed by atoms with Crippen LogP contribution in [0.5, 0.6) is 0 Å². The van der Waals surface area contributed by atoms with E-state index in [0.717, 1.165) is 16.4 Å². The fraction of sp³-hybridized carbons (Fsp3) is 0.167. The van der Waals surface area contributed by atoms with E-state index in [1.807, 2.05) is 19.2 Å². The van der Waals surface area contributed by atoms with E-state index in [2.05, 4.69) is 38.9 Å². The Bertz CT molecular complexity index is 672. The molecule has 2 heterocycles. The summed E-state index contributed by atoms with van der Waals surface area (Å²) in [6.45, 7) is 1.98. The smallest absolute Gasteiger partial charge is 0.143 e. The number of rotatable bonds is 1. The molecule has 0 spiro atoms. The molecular weight excluding hydrogens is 218 g/mol. The Morgan fingerprint density at radius 2 is 1.94 bits per heavy atom. The maximum atomic E-state index is 4.21. The summed E-state index contributed by atoms with van der Waals surface area (Å²) in [5.41, 5.74) is 2.33. The summed E-state index contributed by atoms with van der Waals surface area (Å²) < 4.78 is 2.16. The first-order chi connectivity index (χ1) is 7.81. The molecule has 0 aliphatic carbocycles. The second-order valence-electron chi connectivity index (χ2n) is 3.68. The number of benzene rings is 1. The van der Waals surface area contributed by atoms with Gasteiger partial charge in [-0.2, -0.15) is 0 Å². The van der Waals surface area contributed by atoms with Crippen LogP contribution in [0.3, 0.4) is 0 Å². The molecule has 0 N–H and O–H groups in total. The quantitative estimate of drug-likeness (QED) is 0.601. The van der Waals surface area contributed by atoms with Crippen molar-refractivity contribution >= 4 is 28.2 Å². The molecule has 0 atom stereocenters. The van der Waals surface area contributed by atoms with E-state index < -0.39 is 0 Å². The van der Waals surface area contributed by atoms with E-state index in [9.17, 15) is 0 Å². The van der Waals surface area contributed by atoms with Crippen LogP contribution in [-0.4, -0.2) is 20.9 Å². The second kappa shape index (κ2) is 3.49. The monoisotopic (exact) mass is 229 g/mol. The van der Waals surface area contributed by atoms with Crippen LogP contribution in [0.2, 0.25) is 0 Å². The minimum atomic E-state index is 0.925. The molecule has 80 valence electrons. The Labute approximate surface area is 97.5 Å². The highest BCUT2D eigenvalue weighted by molar-refractivity contribution is 7.98. The van der Waals surface area contributed by atoms with Gasteiger partial charge in [-0.3, -0.25) is 4.40 Å². The Morgan fingerprint density at radius 3 is 2.75 bits per heavy atom. The zero-order chi connectivity index (χ0) is 11.1. The molecule has 0 bridgehead atoms. The SMILES string of the molecule is CSc1nnc(C)n2c1cc1ccccc12. The molecule has 0 saturated carbocycles. The van der Waals surface area contributed by atoms with Crippen molar-refractivity contribution in [1.29, 1.82) is 0 Å². The standard InChI is InChI=1S/C12H11N3S/c1-8-13-14-12(16-2)11-7-9-5-3-4-6-10(9)15(8)11/h3-7H,1-2H3. The van der Waals surface area contributed by atoms with Crippen LogP contribution in [0.4, 0.5) is 0 Å². The van der Waals surface area contributed by atoms with Crippen molar-refractivity contribution < 1.29 is 0 Å². The fourth-order valence-electron chi connectivity index (χ4n) is 2.02. The molecule has 4 heteroatoms. The van der Waals surface area contributed by atoms with E-state index in [1.165, 1.54) is 10.9 Å². The number of aryl methyl sites for hydroxylation is 1. The minimum absolute atomic E-state index is 0.925. The molecule has 0 radical (unpaired) electrons. The van der Waals surface area contributed by atoms with E-state index in [-0.39, 0.29) is 0 Å². The predicted molar refractivity (Wildman–Crippen MR) is 67.0 cm³/mol. The topological polar surface area (TPSA) is 30.2 Å². The lowest BCUT2D eigenvalue weighted by atomic mass is 10.2. The lowest BCUT2D eigenvalue weighted by Gasteiger charge is -2.03. The highest BCUT2D eigenvalue weighted by Crippen LogP contribution is 2.26. The molecule has 0 aliphatic rings. The van der Waals surface area contributed by atoms with Gasteiger partial charge in [-0.1, -0.05) is 18.2 Å². The average Bonchev–Trinajstić information content (AvgIpc) is 2.69. The van der Waals surface area contributed by atoms with Crippen molar-refractivity contribution in [3.05, 3.63) is 36.2 Å². The first-order valence-electron chi connectivity index (χ1n) is 5.09. The third-order valence-electron chi connectivity index (χ3n) is 2.73. The van der Waals surface area contributed by atoms with Gasteiger partial charge in [0, 0.05) is 5.39 Å². The van der Waals surface area contributed by atoms with Crippen molar-refractivity contribution in [1.82, 2.24) is 14.6 Å². The normalized spacial score (nSPS) is 11.4. The number of nitrogens with zero attached hydrogens (tertiary/aromatic N) is 3. The zero-order valence-electron chi connectivity index (χ0n) is 9.14. The van der Waals surface area contributed by atoms with E-state index in [1.54, 1.807) is 11.8 Å². The first kappa shape index (κ1) is 9.66. The summed E-state index contributed by atoms with van der Waals surface area (Å²) in [7, 11) is 0. The van der Waals surface area contributed by atoms with Crippen molar-refractivity contribution in [2.45, 2.75) is 11.9 Å². The van der Waals surface area contributed by atoms with Gasteiger partial charge in [-0.15, -0.1) is 22.0 Å². The van der Waals surface area contributed by atoms with Crippen LogP contribution >= 0.6 is 11.8 Å². The van der Waals surface area contributed by atoms with E-state index >= 15 is 0 Å². The van der Waals surface area contributed by atoms with Gasteiger partial charge in [0.1, 0.15) is 10.9 Å². The molecule has 1 aromatic carbocycles. The highest BCUT2D eigenvalue weighted by Gasteiger charge is 2.09. The maximum Gasteiger partial charge on any atom is 0.143 e. The number of para-hydroxylation sites is 1. The van der Waals surface area contributed by atoms with E-state index in [0.29, 0.717) is 0 Å². The summed E-state index contributed by atoms with van der Waals surface area (Å²) in [5.74, 6) is 0.925. The summed E-state index contributed by atoms with van der Waals surface area (Å²) in [6, 6.07) is 10.5. The molecule has 0 aliphatic heterocycles. The number of aromatic nitrogens is 3. The van der Waals surface area contributed by atoms with Crippen molar-refractivity contribution in [3.8, 4) is 0 Å². The first-order valence-corrected chi connectivity index (χ1v) is 6.31. The van der Waals surface area contributed by atoms with Gasteiger partial charge in [0.25, 0.3) is 0 Å². The van der Waals surface area contributed by atoms with E-state index in [4.69, 9.17) is 0 Å². The fourth-order valence-corrected chi connectivity index (χ4v) is 2.50. The molecule has 0 unspecified atom stereocenters. The molecule has 3 nitrogen and oxygen atoms in total. The third-order valence-corrected chi connectivity index (χ3v) is 3.41. The average molecular weight is 229 g/mol. The van der Waals surface area contributed by atoms with Crippen LogP contribution in [-0.2, 0) is 0 Å². The second-order valence-corrected chi connectivity index (χ2v) is 4.48. The molecule has 2 aromatic heterocycles. The summed E-state index contributed by atoms with van der Waals surface area (Å²) in [4.78, 5) is 0. The number of fused-ring (bicyclic) bond motifs is 3. The molecular formula is C12H11N3S. The van der Waals surface area contributed by atoms with Crippen molar-refractivity contribution in [2.24, 2.45) is 0 Å². The zero-order valence-corrected chi connectivity index (χ0v) is 9.95. The lowest BCUT2D eigenvalue weighted by molar-refractivity contribution is 0.837. The molecule has 0 saturated heterocycles. The van der Waals surface area contributed by atoms with Crippen LogP contribution in [0.1, 0.15) is 5.82 Å². The Kier molecular flexibility index (Phi) is 2.11. The van der Waals surface area contributed by atoms with Crippen LogP contribution in [0.25, 0.3) is 16.4 Å². The maximum absolute atomic E-state index is 4.21.